The largest absolute Gasteiger partial charge is 0.497 e. The van der Waals surface area contributed by atoms with Gasteiger partial charge in [-0.15, -0.1) is 0 Å². The third-order valence-corrected chi connectivity index (χ3v) is 6.21. The highest BCUT2D eigenvalue weighted by Crippen LogP contribution is 2.38. The van der Waals surface area contributed by atoms with Crippen LogP contribution in [0.1, 0.15) is 45.1 Å². The van der Waals surface area contributed by atoms with Gasteiger partial charge in [0.2, 0.25) is 15.9 Å². The Morgan fingerprint density at radius 2 is 1.90 bits per heavy atom. The van der Waals surface area contributed by atoms with Crippen molar-refractivity contribution in [1.29, 1.82) is 0 Å². The number of carbonyl (C=O) groups excluding carboxylic acids is 1. The van der Waals surface area contributed by atoms with Crippen molar-refractivity contribution in [3.05, 3.63) is 29.6 Å². The summed E-state index contributed by atoms with van der Waals surface area (Å²) in [5.41, 5.74) is 0.396. The van der Waals surface area contributed by atoms with Crippen LogP contribution in [0.2, 0.25) is 0 Å². The first-order valence-corrected chi connectivity index (χ1v) is 12.1. The summed E-state index contributed by atoms with van der Waals surface area (Å²) in [7, 11) is -1.70. The Hall–Kier alpha value is -1.71. The van der Waals surface area contributed by atoms with Gasteiger partial charge in [0.25, 0.3) is 0 Å². The molecule has 0 aliphatic carbocycles. The molecule has 0 spiro atoms. The fourth-order valence-electron chi connectivity index (χ4n) is 3.72. The summed E-state index contributed by atoms with van der Waals surface area (Å²) in [5.74, 6) is -0.619. The standard InChI is InChI=1S/C21H34FN3O4S/c1-21(2,3)25-13-17(16-9-8-15(29-4)12-19(16)22)18(14-25)20(26)23-10-6-7-11-24-30(5,27)28/h8-9,12,17-18,24H,6-7,10-11,13-14H2,1-5H3,(H,23,26)/t17-,18+/m0/s1. The van der Waals surface area contributed by atoms with Crippen molar-refractivity contribution in [2.45, 2.75) is 45.1 Å². The number of unbranched alkanes of at least 4 members (excludes halogenated alkanes) is 1. The summed E-state index contributed by atoms with van der Waals surface area (Å²) in [6.45, 7) is 8.21. The molecule has 1 fully saturated rings. The first-order chi connectivity index (χ1) is 13.9. The summed E-state index contributed by atoms with van der Waals surface area (Å²) in [6.07, 6.45) is 2.41. The monoisotopic (exact) mass is 443 g/mol. The van der Waals surface area contributed by atoms with Gasteiger partial charge in [0.15, 0.2) is 0 Å². The number of nitrogens with zero attached hydrogens (tertiary/aromatic N) is 1. The molecule has 2 atom stereocenters. The first-order valence-electron chi connectivity index (χ1n) is 10.2. The van der Waals surface area contributed by atoms with E-state index in [9.17, 15) is 17.6 Å². The fraction of sp³-hybridized carbons (Fsp3) is 0.667. The van der Waals surface area contributed by atoms with Crippen molar-refractivity contribution >= 4 is 15.9 Å². The second-order valence-electron chi connectivity index (χ2n) is 8.84. The molecule has 2 rings (SSSR count). The van der Waals surface area contributed by atoms with Crippen molar-refractivity contribution in [1.82, 2.24) is 14.9 Å². The third kappa shape index (κ3) is 6.92. The quantitative estimate of drug-likeness (QED) is 0.571. The van der Waals surface area contributed by atoms with Gasteiger partial charge in [-0.2, -0.15) is 0 Å². The molecule has 1 heterocycles. The molecule has 170 valence electrons. The second-order valence-corrected chi connectivity index (χ2v) is 10.7. The number of nitrogens with one attached hydrogen (secondary N) is 2. The molecule has 1 aliphatic heterocycles. The molecule has 1 aromatic rings. The van der Waals surface area contributed by atoms with Crippen LogP contribution in [0.25, 0.3) is 0 Å². The summed E-state index contributed by atoms with van der Waals surface area (Å²) < 4.78 is 44.4. The normalized spacial score (nSPS) is 20.3. The molecule has 0 saturated carbocycles. The Labute approximate surface area is 179 Å². The average Bonchev–Trinajstić information content (AvgIpc) is 3.09. The van der Waals surface area contributed by atoms with Gasteiger partial charge in [0.1, 0.15) is 11.6 Å². The molecular formula is C21H34FN3O4S. The first kappa shape index (κ1) is 24.6. The summed E-state index contributed by atoms with van der Waals surface area (Å²) in [5, 5.41) is 2.95. The third-order valence-electron chi connectivity index (χ3n) is 5.48. The average molecular weight is 444 g/mol. The lowest BCUT2D eigenvalue weighted by Crippen LogP contribution is -2.41. The van der Waals surface area contributed by atoms with E-state index in [4.69, 9.17) is 4.74 Å². The van der Waals surface area contributed by atoms with Crippen LogP contribution in [-0.4, -0.2) is 64.3 Å². The molecule has 0 radical (unpaired) electrons. The molecule has 1 aromatic carbocycles. The van der Waals surface area contributed by atoms with Crippen LogP contribution in [0.3, 0.4) is 0 Å². The Balaban J connectivity index is 2.04. The highest BCUT2D eigenvalue weighted by Gasteiger charge is 2.42. The SMILES string of the molecule is COc1ccc([C@@H]2CN(C(C)(C)C)C[C@H]2C(=O)NCCCCNS(C)(=O)=O)c(F)c1. The van der Waals surface area contributed by atoms with Crippen LogP contribution in [0.15, 0.2) is 18.2 Å². The Morgan fingerprint density at radius 3 is 2.47 bits per heavy atom. The number of benzene rings is 1. The molecule has 1 amide bonds. The number of hydrogen-bond donors (Lipinski definition) is 2. The van der Waals surface area contributed by atoms with Crippen LogP contribution >= 0.6 is 0 Å². The molecule has 0 unspecified atom stereocenters. The minimum absolute atomic E-state index is 0.0990. The lowest BCUT2D eigenvalue weighted by Gasteiger charge is -2.31. The predicted octanol–water partition coefficient (Wildman–Crippen LogP) is 2.09. The van der Waals surface area contributed by atoms with Gasteiger partial charge in [-0.1, -0.05) is 6.07 Å². The van der Waals surface area contributed by atoms with Gasteiger partial charge in [0.05, 0.1) is 19.3 Å². The highest BCUT2D eigenvalue weighted by atomic mass is 32.2. The zero-order valence-electron chi connectivity index (χ0n) is 18.5. The number of halogens is 1. The van der Waals surface area contributed by atoms with E-state index in [0.29, 0.717) is 50.3 Å². The van der Waals surface area contributed by atoms with Gasteiger partial charge in [0, 0.05) is 43.7 Å². The number of likely N-dealkylation sites (tertiary alicyclic amines) is 1. The minimum Gasteiger partial charge on any atom is -0.497 e. The van der Waals surface area contributed by atoms with Gasteiger partial charge >= 0.3 is 0 Å². The number of sulfonamides is 1. The molecular weight excluding hydrogens is 409 g/mol. The van der Waals surface area contributed by atoms with Gasteiger partial charge in [-0.05, 0) is 45.2 Å². The molecule has 0 bridgehead atoms. The maximum Gasteiger partial charge on any atom is 0.225 e. The van der Waals surface area contributed by atoms with Gasteiger partial charge < -0.3 is 10.1 Å². The smallest absolute Gasteiger partial charge is 0.225 e. The van der Waals surface area contributed by atoms with Crippen molar-refractivity contribution in [2.24, 2.45) is 5.92 Å². The number of ether oxygens (including phenoxy) is 1. The molecule has 1 aliphatic rings. The number of carbonyl (C=O) groups is 1. The van der Waals surface area contributed by atoms with E-state index in [-0.39, 0.29) is 29.1 Å². The number of amides is 1. The molecule has 2 N–H and O–H groups in total. The highest BCUT2D eigenvalue weighted by molar-refractivity contribution is 7.88. The van der Waals surface area contributed by atoms with E-state index >= 15 is 0 Å². The van der Waals surface area contributed by atoms with E-state index in [1.54, 1.807) is 12.1 Å². The fourth-order valence-corrected chi connectivity index (χ4v) is 4.23. The Kier molecular flexibility index (Phi) is 8.24. The van der Waals surface area contributed by atoms with Crippen molar-refractivity contribution in [3.8, 4) is 5.75 Å². The van der Waals surface area contributed by atoms with Crippen LogP contribution in [0.5, 0.6) is 5.75 Å². The zero-order valence-corrected chi connectivity index (χ0v) is 19.3. The summed E-state index contributed by atoms with van der Waals surface area (Å²) >= 11 is 0. The summed E-state index contributed by atoms with van der Waals surface area (Å²) in [6, 6.07) is 4.79. The van der Waals surface area contributed by atoms with E-state index in [1.807, 2.05) is 0 Å². The van der Waals surface area contributed by atoms with Crippen LogP contribution in [-0.2, 0) is 14.8 Å². The zero-order chi connectivity index (χ0) is 22.5. The Bertz CT molecular complexity index is 839. The minimum atomic E-state index is -3.20. The van der Waals surface area contributed by atoms with E-state index < -0.39 is 10.0 Å². The molecule has 30 heavy (non-hydrogen) atoms. The van der Waals surface area contributed by atoms with Crippen LogP contribution in [0, 0.1) is 11.7 Å². The van der Waals surface area contributed by atoms with E-state index in [1.165, 1.54) is 13.2 Å². The lowest BCUT2D eigenvalue weighted by molar-refractivity contribution is -0.125. The number of hydrogen-bond acceptors (Lipinski definition) is 5. The maximum atomic E-state index is 14.8. The van der Waals surface area contributed by atoms with Crippen LogP contribution in [0.4, 0.5) is 4.39 Å². The molecule has 0 aromatic heterocycles. The molecule has 9 heteroatoms. The van der Waals surface area contributed by atoms with E-state index in [2.05, 4.69) is 35.7 Å². The van der Waals surface area contributed by atoms with Gasteiger partial charge in [-0.25, -0.2) is 17.5 Å². The topological polar surface area (TPSA) is 87.7 Å². The van der Waals surface area contributed by atoms with E-state index in [0.717, 1.165) is 6.26 Å². The number of rotatable bonds is 9. The van der Waals surface area contributed by atoms with Crippen molar-refractivity contribution in [2.75, 3.05) is 39.5 Å². The predicted molar refractivity (Wildman–Crippen MR) is 116 cm³/mol. The molecule has 1 saturated heterocycles. The van der Waals surface area contributed by atoms with Crippen molar-refractivity contribution in [3.63, 3.8) is 0 Å². The molecule has 7 nitrogen and oxygen atoms in total. The van der Waals surface area contributed by atoms with Crippen LogP contribution < -0.4 is 14.8 Å². The van der Waals surface area contributed by atoms with Gasteiger partial charge in [-0.3, -0.25) is 9.69 Å². The number of methoxy groups -OCH3 is 1. The van der Waals surface area contributed by atoms with Crippen molar-refractivity contribution < 1.29 is 22.3 Å². The maximum absolute atomic E-state index is 14.8. The summed E-state index contributed by atoms with van der Waals surface area (Å²) in [4.78, 5) is 15.1. The second kappa shape index (κ2) is 10.1. The lowest BCUT2D eigenvalue weighted by atomic mass is 9.88. The Morgan fingerprint density at radius 1 is 1.23 bits per heavy atom.